The summed E-state index contributed by atoms with van der Waals surface area (Å²) >= 11 is 0. The van der Waals surface area contributed by atoms with Crippen LogP contribution in [0.2, 0.25) is 0 Å². The maximum Gasteiger partial charge on any atom is 0.271 e. The van der Waals surface area contributed by atoms with E-state index < -0.39 is 0 Å². The number of carbonyl (C=O) groups is 1. The third kappa shape index (κ3) is 3.93. The van der Waals surface area contributed by atoms with E-state index in [4.69, 9.17) is 0 Å². The van der Waals surface area contributed by atoms with E-state index in [1.165, 1.54) is 6.08 Å². The summed E-state index contributed by atoms with van der Waals surface area (Å²) in [4.78, 5) is 32.8. The van der Waals surface area contributed by atoms with Crippen molar-refractivity contribution >= 4 is 17.4 Å². The van der Waals surface area contributed by atoms with Gasteiger partial charge in [-0.1, -0.05) is 6.58 Å². The molecule has 0 aliphatic carbocycles. The van der Waals surface area contributed by atoms with Gasteiger partial charge >= 0.3 is 0 Å². The number of piperidine rings is 1. The summed E-state index contributed by atoms with van der Waals surface area (Å²) in [6, 6.07) is 5.68. The van der Waals surface area contributed by atoms with Crippen molar-refractivity contribution in [2.45, 2.75) is 18.9 Å². The zero-order valence-electron chi connectivity index (χ0n) is 14.8. The number of H-pyrrole nitrogens is 1. The first kappa shape index (κ1) is 17.7. The van der Waals surface area contributed by atoms with Crippen molar-refractivity contribution in [1.82, 2.24) is 14.9 Å². The van der Waals surface area contributed by atoms with Crippen molar-refractivity contribution in [3.8, 4) is 11.1 Å². The summed E-state index contributed by atoms with van der Waals surface area (Å²) in [5.74, 6) is 0.685. The van der Waals surface area contributed by atoms with Gasteiger partial charge in [-0.3, -0.25) is 9.59 Å². The third-order valence-electron chi connectivity index (χ3n) is 4.52. The van der Waals surface area contributed by atoms with Gasteiger partial charge in [0.15, 0.2) is 0 Å². The van der Waals surface area contributed by atoms with E-state index in [1.807, 2.05) is 25.2 Å². The highest BCUT2D eigenvalue weighted by atomic mass is 16.2. The molecule has 3 rings (SSSR count). The molecular formula is C19H23N5O2. The Bertz CT molecular complexity index is 861. The first-order valence-electron chi connectivity index (χ1n) is 8.65. The van der Waals surface area contributed by atoms with E-state index in [-0.39, 0.29) is 17.5 Å². The molecule has 7 heteroatoms. The molecule has 2 aromatic rings. The van der Waals surface area contributed by atoms with Crippen LogP contribution in [0.3, 0.4) is 0 Å². The molecule has 1 amide bonds. The van der Waals surface area contributed by atoms with Gasteiger partial charge < -0.3 is 20.5 Å². The summed E-state index contributed by atoms with van der Waals surface area (Å²) < 4.78 is 0. The molecule has 1 fully saturated rings. The van der Waals surface area contributed by atoms with E-state index in [0.29, 0.717) is 12.2 Å². The van der Waals surface area contributed by atoms with Crippen LogP contribution < -0.4 is 16.2 Å². The van der Waals surface area contributed by atoms with Crippen molar-refractivity contribution in [2.24, 2.45) is 0 Å². The summed E-state index contributed by atoms with van der Waals surface area (Å²) in [5.41, 5.74) is 2.17. The highest BCUT2D eigenvalue weighted by molar-refractivity contribution is 5.87. The Morgan fingerprint density at radius 1 is 1.42 bits per heavy atom. The molecule has 3 heterocycles. The Morgan fingerprint density at radius 3 is 3.04 bits per heavy atom. The van der Waals surface area contributed by atoms with Gasteiger partial charge in [-0.2, -0.15) is 0 Å². The topological polar surface area (TPSA) is 90.1 Å². The lowest BCUT2D eigenvalue weighted by Gasteiger charge is -2.32. The van der Waals surface area contributed by atoms with Crippen molar-refractivity contribution in [3.05, 3.63) is 53.6 Å². The molecule has 1 saturated heterocycles. The van der Waals surface area contributed by atoms with Crippen LogP contribution in [-0.2, 0) is 4.79 Å². The summed E-state index contributed by atoms with van der Waals surface area (Å²) in [5, 5.41) is 6.30. The van der Waals surface area contributed by atoms with Crippen molar-refractivity contribution in [1.29, 1.82) is 0 Å². The standard InChI is InChI=1S/C19H23N5O2/c1-3-18(25)24-8-4-5-15(12-24)23-16-9-14(11-22-19(16)26)13-6-7-21-17(10-13)20-2/h3,6-7,9-11,15,23H,1,4-5,8,12H2,2H3,(H,20,21)(H,22,26)/t15-/m1/s1. The fourth-order valence-corrected chi connectivity index (χ4v) is 3.15. The van der Waals surface area contributed by atoms with Crippen LogP contribution in [0.1, 0.15) is 12.8 Å². The molecule has 0 bridgehead atoms. The Kier molecular flexibility index (Phi) is 5.36. The molecule has 2 aromatic heterocycles. The van der Waals surface area contributed by atoms with Gasteiger partial charge in [0.05, 0.1) is 0 Å². The van der Waals surface area contributed by atoms with Crippen LogP contribution in [-0.4, -0.2) is 47.0 Å². The number of nitrogens with one attached hydrogen (secondary N) is 3. The second-order valence-corrected chi connectivity index (χ2v) is 6.28. The summed E-state index contributed by atoms with van der Waals surface area (Å²) in [6.45, 7) is 4.83. The molecule has 0 aromatic carbocycles. The number of hydrogen-bond donors (Lipinski definition) is 3. The SMILES string of the molecule is C=CC(=O)N1CCC[C@@H](Nc2cc(-c3ccnc(NC)c3)c[nH]c2=O)C1. The number of pyridine rings is 2. The van der Waals surface area contributed by atoms with E-state index in [2.05, 4.69) is 27.2 Å². The van der Waals surface area contributed by atoms with E-state index in [1.54, 1.807) is 17.3 Å². The van der Waals surface area contributed by atoms with Gasteiger partial charge in [-0.05, 0) is 42.7 Å². The number of aromatic nitrogens is 2. The van der Waals surface area contributed by atoms with Gasteiger partial charge in [-0.25, -0.2) is 4.98 Å². The number of aromatic amines is 1. The Labute approximate surface area is 152 Å². The first-order valence-corrected chi connectivity index (χ1v) is 8.65. The molecule has 1 aliphatic heterocycles. The Balaban J connectivity index is 1.81. The smallest absolute Gasteiger partial charge is 0.271 e. The Morgan fingerprint density at radius 2 is 2.27 bits per heavy atom. The lowest BCUT2D eigenvalue weighted by atomic mass is 10.0. The second kappa shape index (κ2) is 7.86. The monoisotopic (exact) mass is 353 g/mol. The van der Waals surface area contributed by atoms with E-state index >= 15 is 0 Å². The average Bonchev–Trinajstić information content (AvgIpc) is 2.69. The number of rotatable bonds is 5. The minimum Gasteiger partial charge on any atom is -0.376 e. The summed E-state index contributed by atoms with van der Waals surface area (Å²) in [7, 11) is 1.81. The number of nitrogens with zero attached hydrogens (tertiary/aromatic N) is 2. The molecular weight excluding hydrogens is 330 g/mol. The highest BCUT2D eigenvalue weighted by Gasteiger charge is 2.22. The van der Waals surface area contributed by atoms with E-state index in [0.717, 1.165) is 36.3 Å². The lowest BCUT2D eigenvalue weighted by molar-refractivity contribution is -0.127. The van der Waals surface area contributed by atoms with Crippen LogP contribution in [0, 0.1) is 0 Å². The minimum absolute atomic E-state index is 0.0364. The van der Waals surface area contributed by atoms with Gasteiger partial charge in [0.1, 0.15) is 11.5 Å². The molecule has 1 atom stereocenters. The third-order valence-corrected chi connectivity index (χ3v) is 4.52. The number of anilines is 2. The number of likely N-dealkylation sites (tertiary alicyclic amines) is 1. The Hall–Kier alpha value is -3.09. The number of hydrogen-bond acceptors (Lipinski definition) is 5. The van der Waals surface area contributed by atoms with Crippen LogP contribution in [0.5, 0.6) is 0 Å². The van der Waals surface area contributed by atoms with E-state index in [9.17, 15) is 9.59 Å². The molecule has 3 N–H and O–H groups in total. The lowest BCUT2D eigenvalue weighted by Crippen LogP contribution is -2.45. The van der Waals surface area contributed by atoms with Crippen molar-refractivity contribution in [2.75, 3.05) is 30.8 Å². The minimum atomic E-state index is -0.177. The average molecular weight is 353 g/mol. The quantitative estimate of drug-likeness (QED) is 0.716. The zero-order valence-corrected chi connectivity index (χ0v) is 14.8. The predicted molar refractivity (Wildman–Crippen MR) is 103 cm³/mol. The van der Waals surface area contributed by atoms with Crippen molar-refractivity contribution < 1.29 is 4.79 Å². The normalized spacial score (nSPS) is 16.8. The maximum atomic E-state index is 12.2. The van der Waals surface area contributed by atoms with Crippen LogP contribution in [0.25, 0.3) is 11.1 Å². The summed E-state index contributed by atoms with van der Waals surface area (Å²) in [6.07, 6.45) is 6.54. The molecule has 0 saturated carbocycles. The fraction of sp³-hybridized carbons (Fsp3) is 0.316. The molecule has 136 valence electrons. The highest BCUT2D eigenvalue weighted by Crippen LogP contribution is 2.22. The second-order valence-electron chi connectivity index (χ2n) is 6.28. The molecule has 0 radical (unpaired) electrons. The predicted octanol–water partition coefficient (Wildman–Crippen LogP) is 2.07. The van der Waals surface area contributed by atoms with Gasteiger partial charge in [0.2, 0.25) is 5.91 Å². The van der Waals surface area contributed by atoms with Gasteiger partial charge in [-0.15, -0.1) is 0 Å². The zero-order chi connectivity index (χ0) is 18.5. The molecule has 7 nitrogen and oxygen atoms in total. The molecule has 0 spiro atoms. The fourth-order valence-electron chi connectivity index (χ4n) is 3.15. The van der Waals surface area contributed by atoms with Crippen molar-refractivity contribution in [3.63, 3.8) is 0 Å². The number of carbonyl (C=O) groups excluding carboxylic acids is 1. The maximum absolute atomic E-state index is 12.2. The van der Waals surface area contributed by atoms with Crippen LogP contribution in [0.15, 0.2) is 48.0 Å². The van der Waals surface area contributed by atoms with Crippen LogP contribution in [0.4, 0.5) is 11.5 Å². The van der Waals surface area contributed by atoms with Crippen LogP contribution >= 0.6 is 0 Å². The number of amides is 1. The molecule has 1 aliphatic rings. The molecule has 0 unspecified atom stereocenters. The first-order chi connectivity index (χ1) is 12.6. The molecule has 26 heavy (non-hydrogen) atoms. The van der Waals surface area contributed by atoms with Gasteiger partial charge in [0, 0.05) is 44.1 Å². The van der Waals surface area contributed by atoms with Gasteiger partial charge in [0.25, 0.3) is 5.56 Å². The largest absolute Gasteiger partial charge is 0.376 e.